The van der Waals surface area contributed by atoms with Gasteiger partial charge in [-0.25, -0.2) is 0 Å². The summed E-state index contributed by atoms with van der Waals surface area (Å²) in [5, 5.41) is 0. The summed E-state index contributed by atoms with van der Waals surface area (Å²) in [6.07, 6.45) is 11.8. The molecule has 3 nitrogen and oxygen atoms in total. The van der Waals surface area contributed by atoms with Crippen molar-refractivity contribution in [1.82, 2.24) is 0 Å². The third kappa shape index (κ3) is 6.24. The first-order valence-electron chi connectivity index (χ1n) is 31.6. The van der Waals surface area contributed by atoms with Crippen LogP contribution in [0.4, 0.5) is 45.5 Å². The minimum absolute atomic E-state index is 0.00598. The summed E-state index contributed by atoms with van der Waals surface area (Å²) in [6.45, 7) is 40.5. The van der Waals surface area contributed by atoms with Crippen molar-refractivity contribution in [3.8, 4) is 11.1 Å². The van der Waals surface area contributed by atoms with E-state index in [9.17, 15) is 0 Å². The van der Waals surface area contributed by atoms with Gasteiger partial charge in [0.2, 0.25) is 0 Å². The van der Waals surface area contributed by atoms with Gasteiger partial charge < -0.3 is 14.7 Å². The van der Waals surface area contributed by atoms with E-state index in [1.165, 1.54) is 179 Å². The van der Waals surface area contributed by atoms with Crippen LogP contribution in [-0.2, 0) is 43.3 Å². The van der Waals surface area contributed by atoms with Crippen LogP contribution in [0.25, 0.3) is 11.1 Å². The lowest BCUT2D eigenvalue weighted by Gasteiger charge is -2.52. The molecule has 7 aromatic rings. The molecule has 81 heavy (non-hydrogen) atoms. The van der Waals surface area contributed by atoms with Crippen LogP contribution < -0.4 is 31.1 Å². The van der Waals surface area contributed by atoms with Gasteiger partial charge in [-0.2, -0.15) is 0 Å². The Morgan fingerprint density at radius 1 is 0.370 bits per heavy atom. The molecule has 0 spiro atoms. The highest BCUT2D eigenvalue weighted by Gasteiger charge is 2.59. The fraction of sp³-hybridized carbons (Fsp3) is 0.455. The van der Waals surface area contributed by atoms with E-state index in [1.54, 1.807) is 0 Å². The number of fused-ring (bicyclic) bond motifs is 19. The SMILES string of the molecule is Cc1cc2c3cc1N1c4cc5c(cc4B4c6cc7c(cc6N(c6ccc8c(c6)C(C)(C)CCC8(C)C)c6cc(cc1c64)N1c4cc(ccc4C4(C)CCCCC14C)C3(C)CCC2(C)C)C(C)(C)CCC7(C)C)C(C)(C)c1ccccc1-5. The van der Waals surface area contributed by atoms with Gasteiger partial charge in [-0.15, -0.1) is 0 Å². The van der Waals surface area contributed by atoms with Gasteiger partial charge in [-0.05, 0) is 230 Å². The van der Waals surface area contributed by atoms with Gasteiger partial charge in [0.15, 0.2) is 0 Å². The highest BCUT2D eigenvalue weighted by molar-refractivity contribution is 7.00. The van der Waals surface area contributed by atoms with Crippen LogP contribution >= 0.6 is 0 Å². The van der Waals surface area contributed by atoms with Crippen LogP contribution in [0.15, 0.2) is 109 Å². The highest BCUT2D eigenvalue weighted by Crippen LogP contribution is 2.65. The van der Waals surface area contributed by atoms with E-state index in [0.717, 1.165) is 19.3 Å². The maximum atomic E-state index is 2.94. The summed E-state index contributed by atoms with van der Waals surface area (Å²) in [5.41, 5.74) is 33.9. The van der Waals surface area contributed by atoms with Gasteiger partial charge in [0.05, 0.1) is 5.54 Å². The van der Waals surface area contributed by atoms with E-state index in [0.29, 0.717) is 0 Å². The standard InChI is InChI=1S/C77H86BN3/c1-45-35-55-59-44-62(45)80-64-40-50-49-21-17-18-22-51(49)74(12,13)54(50)41-60(64)78-61-42-57-58(72(8,9)32-31-71(57,6)7)43-65(61)79(47-24-26-52-56(37-47)70(4,5)30-29-69(52,2)3)66-38-48(39-67(80)68(66)78)81-63-36-46(75(59,14)34-33-73(55,10)11)23-25-53(63)76(15)27-19-20-28-77(76,81)16/h17-18,21-26,35-44H,19-20,27-34H2,1-16H3. The van der Waals surface area contributed by atoms with Crippen LogP contribution in [0.2, 0.25) is 0 Å². The van der Waals surface area contributed by atoms with Gasteiger partial charge in [-0.1, -0.05) is 170 Å². The van der Waals surface area contributed by atoms with Crippen LogP contribution in [0.1, 0.15) is 229 Å². The van der Waals surface area contributed by atoms with E-state index < -0.39 is 0 Å². The van der Waals surface area contributed by atoms with Crippen molar-refractivity contribution in [1.29, 1.82) is 0 Å². The largest absolute Gasteiger partial charge is 0.334 e. The molecule has 5 aliphatic carbocycles. The molecule has 0 radical (unpaired) electrons. The molecule has 16 rings (SSSR count). The predicted molar refractivity (Wildman–Crippen MR) is 345 cm³/mol. The predicted octanol–water partition coefficient (Wildman–Crippen LogP) is 18.5. The zero-order valence-electron chi connectivity index (χ0n) is 51.9. The molecule has 4 heteroatoms. The third-order valence-corrected chi connectivity index (χ3v) is 25.0. The maximum absolute atomic E-state index is 2.94. The molecule has 0 saturated heterocycles. The fourth-order valence-electron chi connectivity index (χ4n) is 19.2. The molecule has 1 fully saturated rings. The molecule has 4 heterocycles. The van der Waals surface area contributed by atoms with Crippen molar-refractivity contribution in [3.63, 3.8) is 0 Å². The van der Waals surface area contributed by atoms with Crippen LogP contribution in [0.5, 0.6) is 0 Å². The number of rotatable bonds is 1. The lowest BCUT2D eigenvalue weighted by molar-refractivity contribution is 0.195. The van der Waals surface area contributed by atoms with Crippen molar-refractivity contribution in [2.24, 2.45) is 0 Å². The first-order valence-corrected chi connectivity index (χ1v) is 31.6. The Balaban J connectivity index is 1.10. The second-order valence-electron chi connectivity index (χ2n) is 32.1. The molecule has 7 aromatic carbocycles. The van der Waals surface area contributed by atoms with Gasteiger partial charge in [-0.3, -0.25) is 0 Å². The summed E-state index contributed by atoms with van der Waals surface area (Å²) in [4.78, 5) is 8.60. The minimum Gasteiger partial charge on any atom is -0.334 e. The first-order chi connectivity index (χ1) is 38.1. The highest BCUT2D eigenvalue weighted by atomic mass is 15.3. The van der Waals surface area contributed by atoms with Crippen LogP contribution in [0, 0.1) is 6.92 Å². The normalized spacial score (nSPS) is 26.7. The van der Waals surface area contributed by atoms with Gasteiger partial charge >= 0.3 is 0 Å². The Morgan fingerprint density at radius 3 is 1.63 bits per heavy atom. The molecule has 6 bridgehead atoms. The topological polar surface area (TPSA) is 9.72 Å². The van der Waals surface area contributed by atoms with Crippen molar-refractivity contribution in [2.45, 2.75) is 224 Å². The average molecular weight is 1060 g/mol. The summed E-state index contributed by atoms with van der Waals surface area (Å²) in [7, 11) is 0. The van der Waals surface area contributed by atoms with Crippen LogP contribution in [-0.4, -0.2) is 12.3 Å². The van der Waals surface area contributed by atoms with Crippen molar-refractivity contribution in [2.75, 3.05) is 14.7 Å². The monoisotopic (exact) mass is 1060 g/mol. The lowest BCUT2D eigenvalue weighted by atomic mass is 9.33. The molecule has 3 unspecified atom stereocenters. The Labute approximate surface area is 486 Å². The third-order valence-electron chi connectivity index (χ3n) is 25.0. The van der Waals surface area contributed by atoms with Crippen molar-refractivity contribution < 1.29 is 0 Å². The summed E-state index contributed by atoms with van der Waals surface area (Å²) >= 11 is 0. The molecule has 3 atom stereocenters. The van der Waals surface area contributed by atoms with Crippen LogP contribution in [0.3, 0.4) is 0 Å². The molecule has 4 aliphatic heterocycles. The lowest BCUT2D eigenvalue weighted by Crippen LogP contribution is -2.62. The molecular formula is C77H86BN3. The quantitative estimate of drug-likeness (QED) is 0.152. The van der Waals surface area contributed by atoms with Gasteiger partial charge in [0.1, 0.15) is 0 Å². The first kappa shape index (κ1) is 50.7. The number of hydrogen-bond acceptors (Lipinski definition) is 3. The molecular weight excluding hydrogens is 978 g/mol. The van der Waals surface area contributed by atoms with E-state index >= 15 is 0 Å². The van der Waals surface area contributed by atoms with E-state index in [1.807, 2.05) is 0 Å². The van der Waals surface area contributed by atoms with E-state index in [2.05, 4.69) is 235 Å². The van der Waals surface area contributed by atoms with Crippen molar-refractivity contribution in [3.05, 3.63) is 170 Å². The average Bonchev–Trinajstić information content (AvgIpc) is 4.06. The summed E-state index contributed by atoms with van der Waals surface area (Å²) in [6, 6.07) is 46.7. The molecule has 412 valence electrons. The fourth-order valence-corrected chi connectivity index (χ4v) is 19.2. The number of hydrogen-bond donors (Lipinski definition) is 0. The molecule has 0 aromatic heterocycles. The summed E-state index contributed by atoms with van der Waals surface area (Å²) in [5.74, 6) is 0. The van der Waals surface area contributed by atoms with Gasteiger partial charge in [0, 0.05) is 61.7 Å². The second-order valence-corrected chi connectivity index (χ2v) is 32.1. The smallest absolute Gasteiger partial charge is 0.252 e. The Bertz CT molecular complexity index is 4010. The Kier molecular flexibility index (Phi) is 9.64. The molecule has 9 aliphatic rings. The molecule has 1 saturated carbocycles. The number of anilines is 8. The van der Waals surface area contributed by atoms with E-state index in [-0.39, 0.29) is 55.6 Å². The maximum Gasteiger partial charge on any atom is 0.252 e. The number of nitrogens with zero attached hydrogens (tertiary/aromatic N) is 3. The Morgan fingerprint density at radius 2 is 0.926 bits per heavy atom. The summed E-state index contributed by atoms with van der Waals surface area (Å²) < 4.78 is 0. The minimum atomic E-state index is -0.178. The second kappa shape index (κ2) is 15.4. The number of benzene rings is 7. The van der Waals surface area contributed by atoms with Crippen molar-refractivity contribution >= 4 is 68.6 Å². The molecule has 0 N–H and O–H groups in total. The zero-order chi connectivity index (χ0) is 56.5. The number of aryl methyl sites for hydroxylation is 1. The molecule has 0 amide bonds. The zero-order valence-corrected chi connectivity index (χ0v) is 51.9. The van der Waals surface area contributed by atoms with E-state index in [4.69, 9.17) is 0 Å². The van der Waals surface area contributed by atoms with Gasteiger partial charge in [0.25, 0.3) is 6.71 Å². The Hall–Kier alpha value is -6.00.